The zero-order valence-electron chi connectivity index (χ0n) is 11.0. The first-order valence-corrected chi connectivity index (χ1v) is 8.14. The predicted octanol–water partition coefficient (Wildman–Crippen LogP) is 4.63. The van der Waals surface area contributed by atoms with Crippen molar-refractivity contribution in [1.29, 1.82) is 0 Å². The standard InChI is InChI=1S/C16H18BrNS/c1-12(18)9-14-7-8-15(10-16(14)17)19-11-13-5-3-2-4-6-13/h2-8,10,12H,9,11,18H2,1H3. The van der Waals surface area contributed by atoms with Gasteiger partial charge in [0.1, 0.15) is 0 Å². The van der Waals surface area contributed by atoms with E-state index >= 15 is 0 Å². The van der Waals surface area contributed by atoms with Crippen LogP contribution in [0.15, 0.2) is 57.9 Å². The average Bonchev–Trinajstić information content (AvgIpc) is 2.40. The van der Waals surface area contributed by atoms with E-state index in [2.05, 4.69) is 58.4 Å². The summed E-state index contributed by atoms with van der Waals surface area (Å²) in [5, 5.41) is 0. The highest BCUT2D eigenvalue weighted by Gasteiger charge is 2.04. The van der Waals surface area contributed by atoms with E-state index in [-0.39, 0.29) is 6.04 Å². The third-order valence-electron chi connectivity index (χ3n) is 2.81. The van der Waals surface area contributed by atoms with Crippen LogP contribution in [0.4, 0.5) is 0 Å². The topological polar surface area (TPSA) is 26.0 Å². The summed E-state index contributed by atoms with van der Waals surface area (Å²) in [4.78, 5) is 1.28. The lowest BCUT2D eigenvalue weighted by molar-refractivity contribution is 0.735. The van der Waals surface area contributed by atoms with Crippen molar-refractivity contribution in [3.63, 3.8) is 0 Å². The van der Waals surface area contributed by atoms with E-state index in [9.17, 15) is 0 Å². The number of hydrogen-bond acceptors (Lipinski definition) is 2. The molecule has 0 saturated heterocycles. The highest BCUT2D eigenvalue weighted by Crippen LogP contribution is 2.28. The zero-order valence-corrected chi connectivity index (χ0v) is 13.4. The second-order valence-corrected chi connectivity index (χ2v) is 6.61. The molecule has 100 valence electrons. The largest absolute Gasteiger partial charge is 0.328 e. The third kappa shape index (κ3) is 4.68. The molecule has 2 rings (SSSR count). The van der Waals surface area contributed by atoms with Gasteiger partial charge in [-0.25, -0.2) is 0 Å². The van der Waals surface area contributed by atoms with Gasteiger partial charge in [-0.3, -0.25) is 0 Å². The minimum Gasteiger partial charge on any atom is -0.328 e. The molecule has 1 nitrogen and oxygen atoms in total. The van der Waals surface area contributed by atoms with Crippen molar-refractivity contribution in [3.8, 4) is 0 Å². The molecule has 0 spiro atoms. The highest BCUT2D eigenvalue weighted by atomic mass is 79.9. The second-order valence-electron chi connectivity index (χ2n) is 4.71. The monoisotopic (exact) mass is 335 g/mol. The molecule has 1 atom stereocenters. The van der Waals surface area contributed by atoms with Gasteiger partial charge >= 0.3 is 0 Å². The molecule has 19 heavy (non-hydrogen) atoms. The van der Waals surface area contributed by atoms with Gasteiger partial charge in [0.2, 0.25) is 0 Å². The second kappa shape index (κ2) is 7.13. The van der Waals surface area contributed by atoms with Crippen LogP contribution in [0.1, 0.15) is 18.1 Å². The quantitative estimate of drug-likeness (QED) is 0.806. The Hall–Kier alpha value is -0.770. The van der Waals surface area contributed by atoms with Crippen LogP contribution in [0.3, 0.4) is 0 Å². The summed E-state index contributed by atoms with van der Waals surface area (Å²) < 4.78 is 1.16. The molecule has 0 heterocycles. The van der Waals surface area contributed by atoms with Gasteiger partial charge in [-0.1, -0.05) is 52.3 Å². The van der Waals surface area contributed by atoms with Crippen LogP contribution >= 0.6 is 27.7 Å². The first-order valence-electron chi connectivity index (χ1n) is 6.36. The molecule has 0 aliphatic heterocycles. The SMILES string of the molecule is CC(N)Cc1ccc(SCc2ccccc2)cc1Br. The molecule has 3 heteroatoms. The molecule has 0 fully saturated rings. The smallest absolute Gasteiger partial charge is 0.0231 e. The van der Waals surface area contributed by atoms with Crippen molar-refractivity contribution in [3.05, 3.63) is 64.1 Å². The summed E-state index contributed by atoms with van der Waals surface area (Å²) in [6.07, 6.45) is 0.907. The lowest BCUT2D eigenvalue weighted by Gasteiger charge is -2.09. The van der Waals surface area contributed by atoms with Gasteiger partial charge in [0.15, 0.2) is 0 Å². The summed E-state index contributed by atoms with van der Waals surface area (Å²) in [5.74, 6) is 1.000. The first-order chi connectivity index (χ1) is 9.15. The fourth-order valence-corrected chi connectivity index (χ4v) is 3.45. The van der Waals surface area contributed by atoms with Crippen LogP contribution in [0, 0.1) is 0 Å². The maximum atomic E-state index is 5.84. The third-order valence-corrected chi connectivity index (χ3v) is 4.62. The first kappa shape index (κ1) is 14.6. The number of rotatable bonds is 5. The van der Waals surface area contributed by atoms with Crippen molar-refractivity contribution < 1.29 is 0 Å². The molecule has 0 bridgehead atoms. The Bertz CT molecular complexity index is 526. The van der Waals surface area contributed by atoms with Crippen LogP contribution < -0.4 is 5.73 Å². The van der Waals surface area contributed by atoms with Crippen molar-refractivity contribution in [2.24, 2.45) is 5.73 Å². The maximum absolute atomic E-state index is 5.84. The summed E-state index contributed by atoms with van der Waals surface area (Å²) in [7, 11) is 0. The molecule has 0 aliphatic rings. The number of halogens is 1. The molecule has 2 aromatic rings. The van der Waals surface area contributed by atoms with Crippen LogP contribution in [-0.4, -0.2) is 6.04 Å². The van der Waals surface area contributed by atoms with E-state index in [1.54, 1.807) is 0 Å². The Morgan fingerprint density at radius 3 is 2.53 bits per heavy atom. The summed E-state index contributed by atoms with van der Waals surface area (Å²) in [5.41, 5.74) is 8.47. The van der Waals surface area contributed by atoms with Crippen LogP contribution in [0.5, 0.6) is 0 Å². The van der Waals surface area contributed by atoms with E-state index in [0.717, 1.165) is 16.6 Å². The zero-order chi connectivity index (χ0) is 13.7. The molecule has 0 amide bonds. The van der Waals surface area contributed by atoms with Crippen LogP contribution in [0.2, 0.25) is 0 Å². The summed E-state index contributed by atoms with van der Waals surface area (Å²) in [6.45, 7) is 2.03. The lowest BCUT2D eigenvalue weighted by atomic mass is 10.1. The lowest BCUT2D eigenvalue weighted by Crippen LogP contribution is -2.17. The summed E-state index contributed by atoms with van der Waals surface area (Å²) in [6, 6.07) is 17.3. The Kier molecular flexibility index (Phi) is 5.49. The molecule has 2 N–H and O–H groups in total. The minimum absolute atomic E-state index is 0.194. The van der Waals surface area contributed by atoms with Crippen LogP contribution in [0.25, 0.3) is 0 Å². The van der Waals surface area contributed by atoms with E-state index in [1.165, 1.54) is 16.0 Å². The number of thioether (sulfide) groups is 1. The van der Waals surface area contributed by atoms with Crippen molar-refractivity contribution in [2.45, 2.75) is 30.0 Å². The van der Waals surface area contributed by atoms with Gasteiger partial charge in [0.05, 0.1) is 0 Å². The van der Waals surface area contributed by atoms with Crippen molar-refractivity contribution in [2.75, 3.05) is 0 Å². The van der Waals surface area contributed by atoms with Gasteiger partial charge in [0, 0.05) is 21.2 Å². The minimum atomic E-state index is 0.194. The van der Waals surface area contributed by atoms with Gasteiger partial charge in [-0.2, -0.15) is 0 Å². The maximum Gasteiger partial charge on any atom is 0.0231 e. The molecule has 0 aromatic heterocycles. The normalized spacial score (nSPS) is 12.4. The highest BCUT2D eigenvalue weighted by molar-refractivity contribution is 9.10. The number of nitrogens with two attached hydrogens (primary N) is 1. The predicted molar refractivity (Wildman–Crippen MR) is 87.5 cm³/mol. The molecular weight excluding hydrogens is 318 g/mol. The Morgan fingerprint density at radius 2 is 1.89 bits per heavy atom. The summed E-state index contributed by atoms with van der Waals surface area (Å²) >= 11 is 5.49. The van der Waals surface area contributed by atoms with Crippen molar-refractivity contribution in [1.82, 2.24) is 0 Å². The van der Waals surface area contributed by atoms with E-state index in [0.29, 0.717) is 0 Å². The Morgan fingerprint density at radius 1 is 1.16 bits per heavy atom. The molecule has 1 unspecified atom stereocenters. The van der Waals surface area contributed by atoms with Crippen LogP contribution in [-0.2, 0) is 12.2 Å². The van der Waals surface area contributed by atoms with E-state index < -0.39 is 0 Å². The van der Waals surface area contributed by atoms with Gasteiger partial charge in [-0.15, -0.1) is 11.8 Å². The molecule has 0 radical (unpaired) electrons. The molecule has 0 saturated carbocycles. The average molecular weight is 336 g/mol. The molecular formula is C16H18BrNS. The van der Waals surface area contributed by atoms with Gasteiger partial charge in [0.25, 0.3) is 0 Å². The van der Waals surface area contributed by atoms with Crippen molar-refractivity contribution >= 4 is 27.7 Å². The van der Waals surface area contributed by atoms with E-state index in [1.807, 2.05) is 24.8 Å². The fourth-order valence-electron chi connectivity index (χ4n) is 1.87. The number of benzene rings is 2. The molecule has 0 aliphatic carbocycles. The van der Waals surface area contributed by atoms with E-state index in [4.69, 9.17) is 5.73 Å². The Labute approximate surface area is 127 Å². The fraction of sp³-hybridized carbons (Fsp3) is 0.250. The molecule has 2 aromatic carbocycles. The number of hydrogen-bond donors (Lipinski definition) is 1. The van der Waals surface area contributed by atoms with Gasteiger partial charge < -0.3 is 5.73 Å². The Balaban J connectivity index is 2.00. The van der Waals surface area contributed by atoms with Gasteiger partial charge in [-0.05, 0) is 36.6 Å².